The van der Waals surface area contributed by atoms with Crippen molar-refractivity contribution >= 4 is 10.9 Å². The summed E-state index contributed by atoms with van der Waals surface area (Å²) in [6.07, 6.45) is 0.0715. The summed E-state index contributed by atoms with van der Waals surface area (Å²) in [7, 11) is 0. The molecule has 1 fully saturated rings. The van der Waals surface area contributed by atoms with Crippen molar-refractivity contribution in [3.05, 3.63) is 46.8 Å². The molecule has 1 aromatic heterocycles. The molecule has 3 rings (SSSR count). The number of morpholine rings is 1. The van der Waals surface area contributed by atoms with Crippen LogP contribution in [0.2, 0.25) is 0 Å². The molecule has 0 radical (unpaired) electrons. The molecule has 0 bridgehead atoms. The molecule has 1 saturated heterocycles. The minimum atomic E-state index is 0.0304. The van der Waals surface area contributed by atoms with Crippen molar-refractivity contribution < 1.29 is 4.74 Å². The number of nitrogens with one attached hydrogen (secondary N) is 1. The third kappa shape index (κ3) is 2.17. The SMILES string of the molecule is O=c1ccc2ccccc2n1CC1CNCCO1. The summed E-state index contributed by atoms with van der Waals surface area (Å²) < 4.78 is 7.46. The van der Waals surface area contributed by atoms with Crippen molar-refractivity contribution in [2.45, 2.75) is 12.6 Å². The largest absolute Gasteiger partial charge is 0.374 e. The van der Waals surface area contributed by atoms with Crippen molar-refractivity contribution in [2.24, 2.45) is 0 Å². The molecule has 4 nitrogen and oxygen atoms in total. The molecule has 0 spiro atoms. The molecule has 1 aliphatic heterocycles. The number of rotatable bonds is 2. The Morgan fingerprint density at radius 1 is 1.28 bits per heavy atom. The van der Waals surface area contributed by atoms with Crippen molar-refractivity contribution in [1.29, 1.82) is 0 Å². The molecule has 1 atom stereocenters. The quantitative estimate of drug-likeness (QED) is 0.856. The van der Waals surface area contributed by atoms with E-state index in [1.54, 1.807) is 10.6 Å². The second-order valence-electron chi connectivity index (χ2n) is 4.54. The van der Waals surface area contributed by atoms with Crippen molar-refractivity contribution in [3.8, 4) is 0 Å². The monoisotopic (exact) mass is 244 g/mol. The van der Waals surface area contributed by atoms with Crippen LogP contribution < -0.4 is 10.9 Å². The van der Waals surface area contributed by atoms with Crippen LogP contribution in [-0.4, -0.2) is 30.4 Å². The highest BCUT2D eigenvalue weighted by Gasteiger charge is 2.15. The maximum Gasteiger partial charge on any atom is 0.251 e. The van der Waals surface area contributed by atoms with Gasteiger partial charge in [0.25, 0.3) is 5.56 Å². The zero-order valence-electron chi connectivity index (χ0n) is 10.1. The van der Waals surface area contributed by atoms with Gasteiger partial charge in [0.15, 0.2) is 0 Å². The Bertz CT molecular complexity index is 600. The summed E-state index contributed by atoms with van der Waals surface area (Å²) in [5, 5.41) is 4.37. The van der Waals surface area contributed by atoms with Crippen LogP contribution in [0.3, 0.4) is 0 Å². The normalized spacial score (nSPS) is 20.1. The Hall–Kier alpha value is -1.65. The lowest BCUT2D eigenvalue weighted by molar-refractivity contribution is 0.0184. The van der Waals surface area contributed by atoms with E-state index in [0.717, 1.165) is 24.0 Å². The van der Waals surface area contributed by atoms with Crippen LogP contribution in [-0.2, 0) is 11.3 Å². The van der Waals surface area contributed by atoms with Gasteiger partial charge >= 0.3 is 0 Å². The van der Waals surface area contributed by atoms with E-state index < -0.39 is 0 Å². The van der Waals surface area contributed by atoms with Gasteiger partial charge < -0.3 is 14.6 Å². The maximum atomic E-state index is 12.0. The number of hydrogen-bond acceptors (Lipinski definition) is 3. The molecular formula is C14H16N2O2. The van der Waals surface area contributed by atoms with E-state index >= 15 is 0 Å². The molecule has 0 aliphatic carbocycles. The number of benzene rings is 1. The maximum absolute atomic E-state index is 12.0. The second kappa shape index (κ2) is 4.92. The van der Waals surface area contributed by atoms with E-state index in [4.69, 9.17) is 4.74 Å². The highest BCUT2D eigenvalue weighted by Crippen LogP contribution is 2.12. The number of hydrogen-bond donors (Lipinski definition) is 1. The molecule has 94 valence electrons. The van der Waals surface area contributed by atoms with Gasteiger partial charge in [-0.2, -0.15) is 0 Å². The van der Waals surface area contributed by atoms with Gasteiger partial charge in [0.1, 0.15) is 0 Å². The van der Waals surface area contributed by atoms with Gasteiger partial charge in [0, 0.05) is 19.2 Å². The van der Waals surface area contributed by atoms with Gasteiger partial charge in [0.2, 0.25) is 0 Å². The molecule has 2 aromatic rings. The van der Waals surface area contributed by atoms with Gasteiger partial charge in [-0.1, -0.05) is 18.2 Å². The summed E-state index contributed by atoms with van der Waals surface area (Å²) in [6, 6.07) is 11.4. The van der Waals surface area contributed by atoms with Crippen LogP contribution in [0.1, 0.15) is 0 Å². The fourth-order valence-electron chi connectivity index (χ4n) is 2.37. The third-order valence-corrected chi connectivity index (χ3v) is 3.29. The highest BCUT2D eigenvalue weighted by molar-refractivity contribution is 5.78. The number of ether oxygens (including phenoxy) is 1. The van der Waals surface area contributed by atoms with Crippen LogP contribution >= 0.6 is 0 Å². The number of aromatic nitrogens is 1. The Kier molecular flexibility index (Phi) is 3.13. The lowest BCUT2D eigenvalue weighted by Gasteiger charge is -2.24. The standard InChI is InChI=1S/C14H16N2O2/c17-14-6-5-11-3-1-2-4-13(11)16(14)10-12-9-15-7-8-18-12/h1-6,12,15H,7-10H2. The minimum Gasteiger partial charge on any atom is -0.374 e. The molecule has 2 heterocycles. The molecule has 1 unspecified atom stereocenters. The second-order valence-corrected chi connectivity index (χ2v) is 4.54. The first-order valence-corrected chi connectivity index (χ1v) is 6.25. The average Bonchev–Trinajstić information content (AvgIpc) is 2.43. The van der Waals surface area contributed by atoms with Crippen LogP contribution in [0.5, 0.6) is 0 Å². The van der Waals surface area contributed by atoms with Crippen LogP contribution in [0.4, 0.5) is 0 Å². The highest BCUT2D eigenvalue weighted by atomic mass is 16.5. The van der Waals surface area contributed by atoms with Crippen LogP contribution in [0.15, 0.2) is 41.2 Å². The van der Waals surface area contributed by atoms with Gasteiger partial charge in [-0.3, -0.25) is 4.79 Å². The topological polar surface area (TPSA) is 43.3 Å². The van der Waals surface area contributed by atoms with Crippen molar-refractivity contribution in [3.63, 3.8) is 0 Å². The van der Waals surface area contributed by atoms with Gasteiger partial charge in [0.05, 0.1) is 24.8 Å². The first-order chi connectivity index (χ1) is 8.84. The van der Waals surface area contributed by atoms with Gasteiger partial charge in [-0.25, -0.2) is 0 Å². The van der Waals surface area contributed by atoms with Crippen LogP contribution in [0.25, 0.3) is 10.9 Å². The molecule has 1 aliphatic rings. The fourth-order valence-corrected chi connectivity index (χ4v) is 2.37. The van der Waals surface area contributed by atoms with E-state index in [2.05, 4.69) is 5.32 Å². The molecule has 1 aromatic carbocycles. The first-order valence-electron chi connectivity index (χ1n) is 6.25. The number of pyridine rings is 1. The Morgan fingerprint density at radius 3 is 3.00 bits per heavy atom. The predicted octanol–water partition coefficient (Wildman–Crippen LogP) is 0.990. The molecule has 0 amide bonds. The number of nitrogens with zero attached hydrogens (tertiary/aromatic N) is 1. The van der Waals surface area contributed by atoms with Crippen molar-refractivity contribution in [1.82, 2.24) is 9.88 Å². The Labute approximate surface area is 105 Å². The molecule has 4 heteroatoms. The summed E-state index contributed by atoms with van der Waals surface area (Å²) >= 11 is 0. The first kappa shape index (κ1) is 11.4. The fraction of sp³-hybridized carbons (Fsp3) is 0.357. The smallest absolute Gasteiger partial charge is 0.251 e. The van der Waals surface area contributed by atoms with E-state index in [1.807, 2.05) is 30.3 Å². The van der Waals surface area contributed by atoms with E-state index in [9.17, 15) is 4.79 Å². The number of fused-ring (bicyclic) bond motifs is 1. The summed E-state index contributed by atoms with van der Waals surface area (Å²) in [5.74, 6) is 0. The Balaban J connectivity index is 1.99. The summed E-state index contributed by atoms with van der Waals surface area (Å²) in [4.78, 5) is 12.0. The molecule has 1 N–H and O–H groups in total. The Morgan fingerprint density at radius 2 is 2.17 bits per heavy atom. The lowest BCUT2D eigenvalue weighted by Crippen LogP contribution is -2.42. The zero-order valence-corrected chi connectivity index (χ0v) is 10.1. The molecular weight excluding hydrogens is 228 g/mol. The minimum absolute atomic E-state index is 0.0304. The van der Waals surface area contributed by atoms with Crippen molar-refractivity contribution in [2.75, 3.05) is 19.7 Å². The van der Waals surface area contributed by atoms with E-state index in [-0.39, 0.29) is 11.7 Å². The third-order valence-electron chi connectivity index (χ3n) is 3.29. The molecule has 0 saturated carbocycles. The average molecular weight is 244 g/mol. The molecule has 18 heavy (non-hydrogen) atoms. The zero-order chi connectivity index (χ0) is 12.4. The van der Waals surface area contributed by atoms with Gasteiger partial charge in [-0.15, -0.1) is 0 Å². The summed E-state index contributed by atoms with van der Waals surface area (Å²) in [5.41, 5.74) is 1.00. The van der Waals surface area contributed by atoms with E-state index in [1.165, 1.54) is 0 Å². The van der Waals surface area contributed by atoms with Crippen LogP contribution in [0, 0.1) is 0 Å². The van der Waals surface area contributed by atoms with Gasteiger partial charge in [-0.05, 0) is 17.5 Å². The summed E-state index contributed by atoms with van der Waals surface area (Å²) in [6.45, 7) is 3.01. The lowest BCUT2D eigenvalue weighted by atomic mass is 10.2. The number of para-hydroxylation sites is 1. The predicted molar refractivity (Wildman–Crippen MR) is 70.8 cm³/mol. The van der Waals surface area contributed by atoms with E-state index in [0.29, 0.717) is 13.2 Å².